The Kier molecular flexibility index (Phi) is 3.02. The van der Waals surface area contributed by atoms with Crippen LogP contribution in [0, 0.1) is 11.2 Å². The third-order valence-electron chi connectivity index (χ3n) is 2.39. The maximum atomic E-state index is 13.8. The highest BCUT2D eigenvalue weighted by Crippen LogP contribution is 2.24. The molecule has 96 valence electrons. The van der Waals surface area contributed by atoms with Gasteiger partial charge in [0.05, 0.1) is 5.56 Å². The first-order valence-electron chi connectivity index (χ1n) is 5.68. The number of aromatic nitrogens is 4. The highest BCUT2D eigenvalue weighted by molar-refractivity contribution is 5.59. The first-order chi connectivity index (χ1) is 8.37. The molecule has 0 atom stereocenters. The molecule has 1 heterocycles. The minimum Gasteiger partial charge on any atom is -0.399 e. The molecule has 1 aromatic carbocycles. The lowest BCUT2D eigenvalue weighted by atomic mass is 9.97. The van der Waals surface area contributed by atoms with Gasteiger partial charge in [0.25, 0.3) is 0 Å². The minimum absolute atomic E-state index is 0.00835. The van der Waals surface area contributed by atoms with E-state index in [4.69, 9.17) is 5.73 Å². The summed E-state index contributed by atoms with van der Waals surface area (Å²) < 4.78 is 15.4. The van der Waals surface area contributed by atoms with E-state index in [9.17, 15) is 4.39 Å². The van der Waals surface area contributed by atoms with Crippen LogP contribution in [0.25, 0.3) is 11.4 Å². The monoisotopic (exact) mass is 249 g/mol. The Morgan fingerprint density at radius 3 is 2.67 bits per heavy atom. The number of anilines is 1. The summed E-state index contributed by atoms with van der Waals surface area (Å²) in [4.78, 5) is 0. The normalized spacial score (nSPS) is 11.8. The van der Waals surface area contributed by atoms with Gasteiger partial charge in [-0.1, -0.05) is 20.8 Å². The molecule has 0 amide bonds. The van der Waals surface area contributed by atoms with Gasteiger partial charge in [-0.2, -0.15) is 0 Å². The van der Waals surface area contributed by atoms with Crippen molar-refractivity contribution >= 4 is 5.69 Å². The van der Waals surface area contributed by atoms with Crippen LogP contribution < -0.4 is 5.73 Å². The van der Waals surface area contributed by atoms with E-state index in [1.165, 1.54) is 6.07 Å². The van der Waals surface area contributed by atoms with Gasteiger partial charge < -0.3 is 5.73 Å². The predicted molar refractivity (Wildman–Crippen MR) is 67.1 cm³/mol. The summed E-state index contributed by atoms with van der Waals surface area (Å²) in [6.45, 7) is 6.81. The largest absolute Gasteiger partial charge is 0.399 e. The Hall–Kier alpha value is -1.98. The van der Waals surface area contributed by atoms with Crippen LogP contribution in [-0.4, -0.2) is 20.2 Å². The number of halogens is 1. The van der Waals surface area contributed by atoms with E-state index in [-0.39, 0.29) is 5.41 Å². The lowest BCUT2D eigenvalue weighted by Crippen LogP contribution is -2.17. The van der Waals surface area contributed by atoms with Crippen LogP contribution in [0.5, 0.6) is 0 Å². The summed E-state index contributed by atoms with van der Waals surface area (Å²) in [6, 6.07) is 4.50. The molecular weight excluding hydrogens is 233 g/mol. The van der Waals surface area contributed by atoms with Crippen molar-refractivity contribution in [3.8, 4) is 11.4 Å². The first-order valence-corrected chi connectivity index (χ1v) is 5.68. The molecule has 0 unspecified atom stereocenters. The second-order valence-electron chi connectivity index (χ2n) is 5.46. The second-order valence-corrected chi connectivity index (χ2v) is 5.46. The third kappa shape index (κ3) is 2.64. The van der Waals surface area contributed by atoms with E-state index in [1.807, 2.05) is 0 Å². The Morgan fingerprint density at radius 2 is 2.06 bits per heavy atom. The molecule has 0 radical (unpaired) electrons. The third-order valence-corrected chi connectivity index (χ3v) is 2.39. The summed E-state index contributed by atoms with van der Waals surface area (Å²) in [7, 11) is 0. The Balaban J connectivity index is 2.42. The van der Waals surface area contributed by atoms with Gasteiger partial charge in [0.2, 0.25) is 0 Å². The first kappa shape index (κ1) is 12.5. The van der Waals surface area contributed by atoms with Crippen molar-refractivity contribution < 1.29 is 4.39 Å². The fourth-order valence-electron chi connectivity index (χ4n) is 1.67. The topological polar surface area (TPSA) is 69.6 Å². The minimum atomic E-state index is -0.417. The van der Waals surface area contributed by atoms with E-state index in [1.54, 1.807) is 16.8 Å². The van der Waals surface area contributed by atoms with E-state index in [2.05, 4.69) is 36.3 Å². The molecule has 18 heavy (non-hydrogen) atoms. The number of tetrazole rings is 1. The molecular formula is C12H16FN5. The molecule has 0 aliphatic heterocycles. The van der Waals surface area contributed by atoms with Crippen LogP contribution >= 0.6 is 0 Å². The number of nitrogens with two attached hydrogens (primary N) is 1. The quantitative estimate of drug-likeness (QED) is 0.827. The molecule has 0 bridgehead atoms. The summed E-state index contributed by atoms with van der Waals surface area (Å²) in [5.74, 6) is 0.00221. The zero-order chi connectivity index (χ0) is 13.3. The molecule has 0 aliphatic rings. The van der Waals surface area contributed by atoms with Crippen molar-refractivity contribution in [1.29, 1.82) is 0 Å². The smallest absolute Gasteiger partial charge is 0.184 e. The van der Waals surface area contributed by atoms with Crippen LogP contribution in [0.3, 0.4) is 0 Å². The van der Waals surface area contributed by atoms with Gasteiger partial charge in [-0.15, -0.1) is 5.10 Å². The maximum Gasteiger partial charge on any atom is 0.184 e. The fourth-order valence-corrected chi connectivity index (χ4v) is 1.67. The number of hydrogen-bond donors (Lipinski definition) is 1. The average Bonchev–Trinajstić information content (AvgIpc) is 2.63. The van der Waals surface area contributed by atoms with Crippen LogP contribution in [-0.2, 0) is 6.54 Å². The highest BCUT2D eigenvalue weighted by atomic mass is 19.1. The number of nitrogen functional groups attached to an aromatic ring is 1. The van der Waals surface area contributed by atoms with E-state index in [0.29, 0.717) is 23.6 Å². The van der Waals surface area contributed by atoms with Gasteiger partial charge >= 0.3 is 0 Å². The molecule has 0 saturated heterocycles. The van der Waals surface area contributed by atoms with Gasteiger partial charge in [-0.05, 0) is 34.0 Å². The Morgan fingerprint density at radius 1 is 1.33 bits per heavy atom. The zero-order valence-corrected chi connectivity index (χ0v) is 10.7. The number of rotatable bonds is 2. The Bertz CT molecular complexity index is 556. The molecule has 0 aliphatic carbocycles. The van der Waals surface area contributed by atoms with Gasteiger partial charge in [0, 0.05) is 12.2 Å². The molecule has 0 saturated carbocycles. The Labute approximate surface area is 105 Å². The molecule has 0 fully saturated rings. The summed E-state index contributed by atoms with van der Waals surface area (Å²) in [6.07, 6.45) is 0. The average molecular weight is 249 g/mol. The van der Waals surface area contributed by atoms with Crippen molar-refractivity contribution in [2.75, 3.05) is 5.73 Å². The van der Waals surface area contributed by atoms with E-state index < -0.39 is 5.82 Å². The van der Waals surface area contributed by atoms with Gasteiger partial charge in [-0.25, -0.2) is 9.07 Å². The molecule has 6 heteroatoms. The van der Waals surface area contributed by atoms with Crippen molar-refractivity contribution in [3.05, 3.63) is 24.0 Å². The van der Waals surface area contributed by atoms with Crippen molar-refractivity contribution in [3.63, 3.8) is 0 Å². The summed E-state index contributed by atoms with van der Waals surface area (Å²) in [5, 5.41) is 11.4. The number of hydrogen-bond acceptors (Lipinski definition) is 4. The standard InChI is InChI=1S/C12H16FN5/c1-12(2,3)7-18-11(15-16-17-18)9-5-4-8(14)6-10(9)13/h4-6H,7,14H2,1-3H3. The van der Waals surface area contributed by atoms with Gasteiger partial charge in [-0.3, -0.25) is 0 Å². The molecule has 2 N–H and O–H groups in total. The SMILES string of the molecule is CC(C)(C)Cn1nnnc1-c1ccc(N)cc1F. The van der Waals surface area contributed by atoms with Gasteiger partial charge in [0.15, 0.2) is 5.82 Å². The number of nitrogens with zero attached hydrogens (tertiary/aromatic N) is 4. The fraction of sp³-hybridized carbons (Fsp3) is 0.417. The van der Waals surface area contributed by atoms with Crippen molar-refractivity contribution in [2.24, 2.45) is 5.41 Å². The lowest BCUT2D eigenvalue weighted by Gasteiger charge is -2.18. The van der Waals surface area contributed by atoms with Crippen LogP contribution in [0.2, 0.25) is 0 Å². The van der Waals surface area contributed by atoms with E-state index >= 15 is 0 Å². The predicted octanol–water partition coefficient (Wildman–Crippen LogP) is 2.11. The van der Waals surface area contributed by atoms with Crippen molar-refractivity contribution in [1.82, 2.24) is 20.2 Å². The van der Waals surface area contributed by atoms with Crippen molar-refractivity contribution in [2.45, 2.75) is 27.3 Å². The van der Waals surface area contributed by atoms with Gasteiger partial charge in [0.1, 0.15) is 5.82 Å². The van der Waals surface area contributed by atoms with E-state index in [0.717, 1.165) is 0 Å². The number of benzene rings is 1. The summed E-state index contributed by atoms with van der Waals surface area (Å²) in [5.41, 5.74) is 6.27. The van der Waals surface area contributed by atoms with Crippen LogP contribution in [0.4, 0.5) is 10.1 Å². The van der Waals surface area contributed by atoms with Crippen LogP contribution in [0.15, 0.2) is 18.2 Å². The second kappa shape index (κ2) is 4.36. The zero-order valence-electron chi connectivity index (χ0n) is 10.7. The maximum absolute atomic E-state index is 13.8. The molecule has 2 rings (SSSR count). The van der Waals surface area contributed by atoms with Crippen LogP contribution in [0.1, 0.15) is 20.8 Å². The lowest BCUT2D eigenvalue weighted by molar-refractivity contribution is 0.323. The molecule has 1 aromatic heterocycles. The molecule has 0 spiro atoms. The molecule has 5 nitrogen and oxygen atoms in total. The summed E-state index contributed by atoms with van der Waals surface area (Å²) >= 11 is 0. The highest BCUT2D eigenvalue weighted by Gasteiger charge is 2.18. The molecule has 2 aromatic rings.